The standard InChI is InChI=1S/C21H22N4O/c1-3-20(26)24-18(17-11-9-15(2)10-12-17)13-19(16-7-5-4-6-8-16)25-21(24)22-14-23-25/h4-12,14,18-19H,3,13H2,1-2H3/t18-,19+/m0/s1. The molecule has 2 heterocycles. The molecule has 5 nitrogen and oxygen atoms in total. The predicted octanol–water partition coefficient (Wildman–Crippen LogP) is 4.06. The van der Waals surface area contributed by atoms with Gasteiger partial charge in [-0.3, -0.25) is 9.69 Å². The lowest BCUT2D eigenvalue weighted by molar-refractivity contribution is -0.119. The van der Waals surface area contributed by atoms with E-state index in [9.17, 15) is 4.79 Å². The number of hydrogen-bond donors (Lipinski definition) is 0. The molecule has 0 saturated carbocycles. The smallest absolute Gasteiger partial charge is 0.231 e. The molecule has 0 spiro atoms. The Balaban J connectivity index is 1.84. The van der Waals surface area contributed by atoms with Crippen molar-refractivity contribution in [1.82, 2.24) is 14.8 Å². The molecular formula is C21H22N4O. The molecule has 0 radical (unpaired) electrons. The fraction of sp³-hybridized carbons (Fsp3) is 0.286. The van der Waals surface area contributed by atoms with Crippen molar-refractivity contribution in [3.05, 3.63) is 77.6 Å². The Morgan fingerprint density at radius 3 is 2.42 bits per heavy atom. The van der Waals surface area contributed by atoms with Gasteiger partial charge in [0.15, 0.2) is 0 Å². The maximum absolute atomic E-state index is 12.8. The van der Waals surface area contributed by atoms with Crippen molar-refractivity contribution in [1.29, 1.82) is 0 Å². The summed E-state index contributed by atoms with van der Waals surface area (Å²) >= 11 is 0. The highest BCUT2D eigenvalue weighted by Gasteiger charge is 2.38. The second kappa shape index (κ2) is 6.75. The van der Waals surface area contributed by atoms with Gasteiger partial charge in [-0.15, -0.1) is 0 Å². The number of benzene rings is 2. The number of carbonyl (C=O) groups excluding carboxylic acids is 1. The van der Waals surface area contributed by atoms with Gasteiger partial charge in [0, 0.05) is 6.42 Å². The van der Waals surface area contributed by atoms with Crippen molar-refractivity contribution in [2.24, 2.45) is 0 Å². The van der Waals surface area contributed by atoms with Crippen LogP contribution in [0.4, 0.5) is 5.95 Å². The highest BCUT2D eigenvalue weighted by molar-refractivity contribution is 5.92. The normalized spacial score (nSPS) is 19.2. The fourth-order valence-electron chi connectivity index (χ4n) is 3.67. The Kier molecular flexibility index (Phi) is 4.29. The predicted molar refractivity (Wildman–Crippen MR) is 101 cm³/mol. The number of carbonyl (C=O) groups is 1. The van der Waals surface area contributed by atoms with Crippen molar-refractivity contribution >= 4 is 11.9 Å². The van der Waals surface area contributed by atoms with E-state index < -0.39 is 0 Å². The summed E-state index contributed by atoms with van der Waals surface area (Å²) in [6.07, 6.45) is 2.75. The lowest BCUT2D eigenvalue weighted by Gasteiger charge is -2.39. The lowest BCUT2D eigenvalue weighted by Crippen LogP contribution is -2.42. The Labute approximate surface area is 153 Å². The molecule has 132 valence electrons. The molecule has 1 amide bonds. The summed E-state index contributed by atoms with van der Waals surface area (Å²) in [5.41, 5.74) is 3.52. The lowest BCUT2D eigenvalue weighted by atomic mass is 9.91. The van der Waals surface area contributed by atoms with Crippen LogP contribution < -0.4 is 4.90 Å². The summed E-state index contributed by atoms with van der Waals surface area (Å²) in [7, 11) is 0. The Morgan fingerprint density at radius 2 is 1.73 bits per heavy atom. The van der Waals surface area contributed by atoms with Crippen molar-refractivity contribution < 1.29 is 4.79 Å². The number of hydrogen-bond acceptors (Lipinski definition) is 3. The van der Waals surface area contributed by atoms with Crippen molar-refractivity contribution in [3.63, 3.8) is 0 Å². The van der Waals surface area contributed by atoms with E-state index in [4.69, 9.17) is 0 Å². The number of nitrogens with zero attached hydrogens (tertiary/aromatic N) is 4. The highest BCUT2D eigenvalue weighted by atomic mass is 16.2. The van der Waals surface area contributed by atoms with Gasteiger partial charge in [0.05, 0.1) is 12.1 Å². The molecule has 2 aromatic carbocycles. The van der Waals surface area contributed by atoms with E-state index in [2.05, 4.69) is 53.4 Å². The van der Waals surface area contributed by atoms with Gasteiger partial charge in [0.1, 0.15) is 6.33 Å². The summed E-state index contributed by atoms with van der Waals surface area (Å²) in [6.45, 7) is 3.96. The van der Waals surface area contributed by atoms with Crippen LogP contribution in [0.25, 0.3) is 0 Å². The zero-order valence-corrected chi connectivity index (χ0v) is 15.0. The van der Waals surface area contributed by atoms with Gasteiger partial charge in [-0.2, -0.15) is 10.1 Å². The molecule has 1 aromatic heterocycles. The van der Waals surface area contributed by atoms with E-state index in [1.807, 2.05) is 34.7 Å². The molecule has 0 aliphatic carbocycles. The van der Waals surface area contributed by atoms with Gasteiger partial charge in [0.2, 0.25) is 11.9 Å². The average molecular weight is 346 g/mol. The molecule has 0 unspecified atom stereocenters. The van der Waals surface area contributed by atoms with Crippen LogP contribution in [0, 0.1) is 6.92 Å². The molecule has 2 atom stereocenters. The van der Waals surface area contributed by atoms with Crippen LogP contribution in [0.15, 0.2) is 60.9 Å². The first-order valence-corrected chi connectivity index (χ1v) is 9.02. The molecule has 1 aliphatic rings. The molecule has 0 bridgehead atoms. The van der Waals surface area contributed by atoms with Crippen LogP contribution >= 0.6 is 0 Å². The maximum atomic E-state index is 12.8. The van der Waals surface area contributed by atoms with Gasteiger partial charge in [-0.05, 0) is 24.5 Å². The monoisotopic (exact) mass is 346 g/mol. The minimum Gasteiger partial charge on any atom is -0.274 e. The Bertz CT molecular complexity index is 901. The molecule has 0 saturated heterocycles. The summed E-state index contributed by atoms with van der Waals surface area (Å²) in [5, 5.41) is 4.44. The van der Waals surface area contributed by atoms with Crippen molar-refractivity contribution in [2.75, 3.05) is 4.90 Å². The summed E-state index contributed by atoms with van der Waals surface area (Å²) < 4.78 is 1.88. The van der Waals surface area contributed by atoms with E-state index in [-0.39, 0.29) is 18.0 Å². The third-order valence-electron chi connectivity index (χ3n) is 5.04. The van der Waals surface area contributed by atoms with Crippen LogP contribution in [0.2, 0.25) is 0 Å². The largest absolute Gasteiger partial charge is 0.274 e. The first-order valence-electron chi connectivity index (χ1n) is 9.02. The minimum absolute atomic E-state index is 0.0510. The molecule has 1 aliphatic heterocycles. The number of amides is 1. The van der Waals surface area contributed by atoms with Gasteiger partial charge in [0.25, 0.3) is 0 Å². The highest BCUT2D eigenvalue weighted by Crippen LogP contribution is 2.41. The van der Waals surface area contributed by atoms with E-state index >= 15 is 0 Å². The molecule has 3 aromatic rings. The van der Waals surface area contributed by atoms with E-state index in [0.29, 0.717) is 12.4 Å². The van der Waals surface area contributed by atoms with Crippen LogP contribution in [-0.2, 0) is 4.79 Å². The van der Waals surface area contributed by atoms with E-state index in [1.165, 1.54) is 11.1 Å². The molecule has 0 N–H and O–H groups in total. The van der Waals surface area contributed by atoms with Crippen molar-refractivity contribution in [2.45, 2.75) is 38.8 Å². The van der Waals surface area contributed by atoms with Crippen LogP contribution in [0.1, 0.15) is 48.5 Å². The first kappa shape index (κ1) is 16.5. The SMILES string of the molecule is CCC(=O)N1c2ncnn2[C@@H](c2ccccc2)C[C@H]1c1ccc(C)cc1. The first-order chi connectivity index (χ1) is 12.7. The van der Waals surface area contributed by atoms with Gasteiger partial charge < -0.3 is 0 Å². The zero-order valence-electron chi connectivity index (χ0n) is 15.0. The summed E-state index contributed by atoms with van der Waals surface area (Å²) in [4.78, 5) is 19.0. The Hall–Kier alpha value is -2.95. The zero-order chi connectivity index (χ0) is 18.1. The molecular weight excluding hydrogens is 324 g/mol. The summed E-state index contributed by atoms with van der Waals surface area (Å²) in [6, 6.07) is 18.7. The molecule has 4 rings (SSSR count). The number of anilines is 1. The maximum Gasteiger partial charge on any atom is 0.231 e. The van der Waals surface area contributed by atoms with Crippen LogP contribution in [-0.4, -0.2) is 20.7 Å². The quantitative estimate of drug-likeness (QED) is 0.718. The minimum atomic E-state index is -0.0510. The number of aryl methyl sites for hydroxylation is 1. The molecule has 5 heteroatoms. The molecule has 0 fully saturated rings. The number of rotatable bonds is 3. The Morgan fingerprint density at radius 1 is 1.04 bits per heavy atom. The van der Waals surface area contributed by atoms with Crippen LogP contribution in [0.3, 0.4) is 0 Å². The van der Waals surface area contributed by atoms with Gasteiger partial charge in [-0.1, -0.05) is 67.1 Å². The second-order valence-electron chi connectivity index (χ2n) is 6.71. The fourth-order valence-corrected chi connectivity index (χ4v) is 3.67. The molecule has 26 heavy (non-hydrogen) atoms. The van der Waals surface area contributed by atoms with Gasteiger partial charge >= 0.3 is 0 Å². The topological polar surface area (TPSA) is 51.0 Å². The number of aromatic nitrogens is 3. The second-order valence-corrected chi connectivity index (χ2v) is 6.71. The third kappa shape index (κ3) is 2.79. The van der Waals surface area contributed by atoms with Gasteiger partial charge in [-0.25, -0.2) is 4.68 Å². The summed E-state index contributed by atoms with van der Waals surface area (Å²) in [5.74, 6) is 0.693. The third-order valence-corrected chi connectivity index (χ3v) is 5.04. The number of fused-ring (bicyclic) bond motifs is 1. The average Bonchev–Trinajstić information content (AvgIpc) is 3.17. The van der Waals surface area contributed by atoms with E-state index in [1.54, 1.807) is 6.33 Å². The van der Waals surface area contributed by atoms with Crippen LogP contribution in [0.5, 0.6) is 0 Å². The van der Waals surface area contributed by atoms with Crippen molar-refractivity contribution in [3.8, 4) is 0 Å². The van der Waals surface area contributed by atoms with E-state index in [0.717, 1.165) is 12.0 Å².